The van der Waals surface area contributed by atoms with Crippen LogP contribution in [0.1, 0.15) is 29.0 Å². The molecule has 4 nitrogen and oxygen atoms in total. The molecule has 0 radical (unpaired) electrons. The van der Waals surface area contributed by atoms with Gasteiger partial charge >= 0.3 is 0 Å². The minimum atomic E-state index is 0.545. The summed E-state index contributed by atoms with van der Waals surface area (Å²) in [6.45, 7) is 5.25. The molecule has 4 heterocycles. The number of nitrogens with zero attached hydrogens (tertiary/aromatic N) is 3. The molecule has 0 spiro atoms. The third kappa shape index (κ3) is 3.20. The molecule has 0 saturated carbocycles. The molecular weight excluding hydrogens is 346 g/mol. The first-order valence-corrected chi connectivity index (χ1v) is 9.82. The predicted molar refractivity (Wildman–Crippen MR) is 111 cm³/mol. The van der Waals surface area contributed by atoms with Gasteiger partial charge in [0, 0.05) is 42.0 Å². The fourth-order valence-corrected chi connectivity index (χ4v) is 4.27. The second-order valence-electron chi connectivity index (χ2n) is 7.66. The zero-order chi connectivity index (χ0) is 18.9. The van der Waals surface area contributed by atoms with Gasteiger partial charge in [-0.25, -0.2) is 0 Å². The number of likely N-dealkylation sites (tertiary alicyclic amines) is 1. The summed E-state index contributed by atoms with van der Waals surface area (Å²) in [5, 5.41) is 1.17. The fraction of sp³-hybridized carbons (Fsp3) is 0.250. The van der Waals surface area contributed by atoms with Crippen molar-refractivity contribution in [1.82, 2.24) is 14.9 Å². The normalized spacial score (nSPS) is 17.4. The molecule has 1 fully saturated rings. The minimum Gasteiger partial charge on any atom is -0.472 e. The Labute approximate surface area is 164 Å². The quantitative estimate of drug-likeness (QED) is 0.497. The Morgan fingerprint density at radius 1 is 1.11 bits per heavy atom. The number of hydrogen-bond donors (Lipinski definition) is 0. The molecule has 1 saturated heterocycles. The van der Waals surface area contributed by atoms with Crippen LogP contribution in [0.4, 0.5) is 0 Å². The van der Waals surface area contributed by atoms with Crippen molar-refractivity contribution in [3.63, 3.8) is 0 Å². The van der Waals surface area contributed by atoms with Gasteiger partial charge < -0.3 is 4.42 Å². The lowest BCUT2D eigenvalue weighted by molar-refractivity contribution is 0.325. The van der Waals surface area contributed by atoms with E-state index < -0.39 is 0 Å². The molecule has 0 amide bonds. The zero-order valence-electron chi connectivity index (χ0n) is 16.0. The van der Waals surface area contributed by atoms with E-state index >= 15 is 0 Å². The molecule has 1 atom stereocenters. The third-order valence-electron chi connectivity index (χ3n) is 5.76. The van der Waals surface area contributed by atoms with Crippen LogP contribution in [0, 0.1) is 6.92 Å². The minimum absolute atomic E-state index is 0.545. The smallest absolute Gasteiger partial charge is 0.0947 e. The monoisotopic (exact) mass is 369 g/mol. The van der Waals surface area contributed by atoms with Crippen molar-refractivity contribution in [2.24, 2.45) is 0 Å². The highest BCUT2D eigenvalue weighted by molar-refractivity contribution is 5.95. The van der Waals surface area contributed by atoms with Crippen LogP contribution in [0.2, 0.25) is 0 Å². The molecule has 1 aliphatic rings. The van der Waals surface area contributed by atoms with Crippen molar-refractivity contribution in [3.8, 4) is 11.3 Å². The first-order chi connectivity index (χ1) is 13.8. The summed E-state index contributed by atoms with van der Waals surface area (Å²) < 4.78 is 5.20. The average molecular weight is 369 g/mol. The maximum atomic E-state index is 5.20. The summed E-state index contributed by atoms with van der Waals surface area (Å²) in [5.41, 5.74) is 7.06. The maximum Gasteiger partial charge on any atom is 0.0947 e. The summed E-state index contributed by atoms with van der Waals surface area (Å²) in [4.78, 5) is 11.8. The Morgan fingerprint density at radius 2 is 2.07 bits per heavy atom. The van der Waals surface area contributed by atoms with Gasteiger partial charge in [-0.3, -0.25) is 14.9 Å². The summed E-state index contributed by atoms with van der Waals surface area (Å²) in [7, 11) is 0. The molecular formula is C24H23N3O. The summed E-state index contributed by atoms with van der Waals surface area (Å²) in [6.07, 6.45) is 8.58. The molecule has 4 aromatic rings. The van der Waals surface area contributed by atoms with Gasteiger partial charge in [-0.15, -0.1) is 0 Å². The number of fused-ring (bicyclic) bond motifs is 1. The van der Waals surface area contributed by atoms with Gasteiger partial charge in [-0.05, 0) is 61.2 Å². The van der Waals surface area contributed by atoms with Gasteiger partial charge in [0.2, 0.25) is 0 Å². The van der Waals surface area contributed by atoms with Crippen LogP contribution in [0.3, 0.4) is 0 Å². The SMILES string of the molecule is Cc1ccc(-c2cc([C@@H]3CCN(Cc4ccoc4)C3)ccn2)c2cccnc12. The number of benzene rings is 1. The maximum absolute atomic E-state index is 5.20. The van der Waals surface area contributed by atoms with Gasteiger partial charge in [-0.1, -0.05) is 18.2 Å². The number of aryl methyl sites for hydroxylation is 1. The largest absolute Gasteiger partial charge is 0.472 e. The summed E-state index contributed by atoms with van der Waals surface area (Å²) in [6, 6.07) is 14.9. The Hall–Kier alpha value is -2.98. The standard InChI is InChI=1S/C24H23N3O/c1-17-4-5-21(22-3-2-9-26-24(17)22)23-13-19(6-10-25-23)20-7-11-27(15-20)14-18-8-12-28-16-18/h2-6,8-10,12-13,16,20H,7,11,14-15H2,1H3/t20-/m1/s1. The van der Waals surface area contributed by atoms with E-state index in [1.807, 2.05) is 24.7 Å². The molecule has 0 unspecified atom stereocenters. The molecule has 3 aromatic heterocycles. The number of pyridine rings is 2. The second kappa shape index (κ2) is 7.21. The molecule has 0 N–H and O–H groups in total. The first kappa shape index (κ1) is 17.1. The number of hydrogen-bond acceptors (Lipinski definition) is 4. The van der Waals surface area contributed by atoms with Crippen LogP contribution >= 0.6 is 0 Å². The third-order valence-corrected chi connectivity index (χ3v) is 5.76. The van der Waals surface area contributed by atoms with Gasteiger partial charge in [0.15, 0.2) is 0 Å². The van der Waals surface area contributed by atoms with Crippen LogP contribution < -0.4 is 0 Å². The van der Waals surface area contributed by atoms with Gasteiger partial charge in [0.05, 0.1) is 23.7 Å². The van der Waals surface area contributed by atoms with Gasteiger partial charge in [0.1, 0.15) is 0 Å². The van der Waals surface area contributed by atoms with Crippen LogP contribution in [0.5, 0.6) is 0 Å². The Morgan fingerprint density at radius 3 is 2.96 bits per heavy atom. The molecule has 1 aromatic carbocycles. The Kier molecular flexibility index (Phi) is 4.41. The van der Waals surface area contributed by atoms with Crippen molar-refractivity contribution in [3.05, 3.63) is 84.1 Å². The summed E-state index contributed by atoms with van der Waals surface area (Å²) >= 11 is 0. The highest BCUT2D eigenvalue weighted by Crippen LogP contribution is 2.33. The zero-order valence-corrected chi connectivity index (χ0v) is 16.0. The van der Waals surface area contributed by atoms with Crippen molar-refractivity contribution >= 4 is 10.9 Å². The Bertz CT molecular complexity index is 1100. The molecule has 1 aliphatic heterocycles. The molecule has 140 valence electrons. The molecule has 0 bridgehead atoms. The van der Waals surface area contributed by atoms with E-state index in [1.165, 1.54) is 28.5 Å². The van der Waals surface area contributed by atoms with Crippen molar-refractivity contribution in [1.29, 1.82) is 0 Å². The van der Waals surface area contributed by atoms with E-state index in [-0.39, 0.29) is 0 Å². The van der Waals surface area contributed by atoms with Crippen molar-refractivity contribution in [2.75, 3.05) is 13.1 Å². The Balaban J connectivity index is 1.43. The average Bonchev–Trinajstić information content (AvgIpc) is 3.41. The van der Waals surface area contributed by atoms with E-state index in [0.717, 1.165) is 36.4 Å². The molecule has 5 rings (SSSR count). The van der Waals surface area contributed by atoms with Gasteiger partial charge in [-0.2, -0.15) is 0 Å². The lowest BCUT2D eigenvalue weighted by Gasteiger charge is -2.16. The van der Waals surface area contributed by atoms with Crippen LogP contribution in [0.25, 0.3) is 22.2 Å². The lowest BCUT2D eigenvalue weighted by Crippen LogP contribution is -2.19. The van der Waals surface area contributed by atoms with Crippen LogP contribution in [-0.2, 0) is 6.54 Å². The first-order valence-electron chi connectivity index (χ1n) is 9.82. The van der Waals surface area contributed by atoms with Crippen LogP contribution in [0.15, 0.2) is 71.8 Å². The van der Waals surface area contributed by atoms with Gasteiger partial charge in [0.25, 0.3) is 0 Å². The van der Waals surface area contributed by atoms with E-state index in [9.17, 15) is 0 Å². The van der Waals surface area contributed by atoms with Crippen LogP contribution in [-0.4, -0.2) is 28.0 Å². The lowest BCUT2D eigenvalue weighted by atomic mass is 9.96. The summed E-state index contributed by atoms with van der Waals surface area (Å²) in [5.74, 6) is 0.545. The van der Waals surface area contributed by atoms with Crippen molar-refractivity contribution in [2.45, 2.75) is 25.8 Å². The second-order valence-corrected chi connectivity index (χ2v) is 7.66. The topological polar surface area (TPSA) is 42.2 Å². The van der Waals surface area contributed by atoms with Crippen molar-refractivity contribution < 1.29 is 4.42 Å². The molecule has 0 aliphatic carbocycles. The predicted octanol–water partition coefficient (Wildman–Crippen LogP) is 5.19. The van der Waals surface area contributed by atoms with E-state index in [1.54, 1.807) is 6.26 Å². The molecule has 4 heteroatoms. The van der Waals surface area contributed by atoms with E-state index in [0.29, 0.717) is 5.92 Å². The van der Waals surface area contributed by atoms with E-state index in [4.69, 9.17) is 4.42 Å². The fourth-order valence-electron chi connectivity index (χ4n) is 4.27. The number of furan rings is 1. The highest BCUT2D eigenvalue weighted by Gasteiger charge is 2.24. The van der Waals surface area contributed by atoms with E-state index in [2.05, 4.69) is 58.2 Å². The molecule has 28 heavy (non-hydrogen) atoms. The highest BCUT2D eigenvalue weighted by atomic mass is 16.3. The number of rotatable bonds is 4. The number of aromatic nitrogens is 2.